The molecule has 2 saturated heterocycles. The zero-order chi connectivity index (χ0) is 18.4. The largest absolute Gasteiger partial charge is 0.373 e. The molecule has 7 heteroatoms. The molecule has 144 valence electrons. The normalized spacial score (nSPS) is 25.2. The Morgan fingerprint density at radius 3 is 2.74 bits per heavy atom. The van der Waals surface area contributed by atoms with Crippen molar-refractivity contribution in [2.75, 3.05) is 37.7 Å². The van der Waals surface area contributed by atoms with Gasteiger partial charge in [-0.15, -0.1) is 0 Å². The summed E-state index contributed by atoms with van der Waals surface area (Å²) in [6.07, 6.45) is 3.76. The van der Waals surface area contributed by atoms with Crippen LogP contribution in [0.5, 0.6) is 0 Å². The maximum Gasteiger partial charge on any atom is 0.132 e. The van der Waals surface area contributed by atoms with Crippen LogP contribution < -0.4 is 4.90 Å². The summed E-state index contributed by atoms with van der Waals surface area (Å²) in [6.45, 7) is 12.3. The fourth-order valence-corrected chi connectivity index (χ4v) is 4.76. The summed E-state index contributed by atoms with van der Waals surface area (Å²) in [5.74, 6) is 2.99. The molecule has 2 fully saturated rings. The first-order valence-corrected chi connectivity index (χ1v) is 10.1. The molecule has 0 spiro atoms. The van der Waals surface area contributed by atoms with Crippen molar-refractivity contribution >= 4 is 5.82 Å². The van der Waals surface area contributed by atoms with E-state index in [2.05, 4.69) is 49.5 Å². The number of fused-ring (bicyclic) bond motifs is 2. The lowest BCUT2D eigenvalue weighted by Crippen LogP contribution is -2.29. The Morgan fingerprint density at radius 2 is 1.96 bits per heavy atom. The number of anilines is 1. The molecule has 3 aliphatic heterocycles. The number of likely N-dealkylation sites (tertiary alicyclic amines) is 1. The zero-order valence-electron chi connectivity index (χ0n) is 16.2. The smallest absolute Gasteiger partial charge is 0.132 e. The van der Waals surface area contributed by atoms with E-state index in [1.165, 1.54) is 11.3 Å². The Kier molecular flexibility index (Phi) is 4.36. The van der Waals surface area contributed by atoms with Gasteiger partial charge in [0.1, 0.15) is 12.1 Å². The second-order valence-electron chi connectivity index (χ2n) is 8.47. The maximum absolute atomic E-state index is 5.63. The highest BCUT2D eigenvalue weighted by molar-refractivity contribution is 5.41. The second-order valence-corrected chi connectivity index (χ2v) is 8.47. The van der Waals surface area contributed by atoms with Gasteiger partial charge in [0.05, 0.1) is 31.6 Å². The Balaban J connectivity index is 1.22. The predicted octanol–water partition coefficient (Wildman–Crippen LogP) is 1.89. The summed E-state index contributed by atoms with van der Waals surface area (Å²) in [5.41, 5.74) is 3.73. The fourth-order valence-electron chi connectivity index (χ4n) is 4.76. The van der Waals surface area contributed by atoms with Gasteiger partial charge in [0, 0.05) is 50.0 Å². The molecule has 2 atom stereocenters. The van der Waals surface area contributed by atoms with Crippen molar-refractivity contribution in [2.45, 2.75) is 39.5 Å². The molecule has 0 radical (unpaired) electrons. The summed E-state index contributed by atoms with van der Waals surface area (Å²) in [6, 6.07) is 2.17. The summed E-state index contributed by atoms with van der Waals surface area (Å²) in [4.78, 5) is 14.0. The lowest BCUT2D eigenvalue weighted by atomic mass is 10.0. The number of aromatic nitrogens is 4. The van der Waals surface area contributed by atoms with E-state index < -0.39 is 0 Å². The molecule has 0 bridgehead atoms. The summed E-state index contributed by atoms with van der Waals surface area (Å²) < 4.78 is 7.74. The van der Waals surface area contributed by atoms with Crippen molar-refractivity contribution in [3.63, 3.8) is 0 Å². The molecule has 2 aromatic rings. The average molecular weight is 368 g/mol. The van der Waals surface area contributed by atoms with Crippen LogP contribution in [0.15, 0.2) is 18.6 Å². The van der Waals surface area contributed by atoms with Crippen LogP contribution in [0.3, 0.4) is 0 Å². The molecule has 0 saturated carbocycles. The van der Waals surface area contributed by atoms with Gasteiger partial charge in [0.15, 0.2) is 0 Å². The molecular weight excluding hydrogens is 340 g/mol. The fraction of sp³-hybridized carbons (Fsp3) is 0.650. The van der Waals surface area contributed by atoms with Gasteiger partial charge in [-0.3, -0.25) is 9.58 Å². The molecule has 7 nitrogen and oxygen atoms in total. The first-order chi connectivity index (χ1) is 13.2. The number of hydrogen-bond donors (Lipinski definition) is 0. The molecule has 0 aromatic carbocycles. The maximum atomic E-state index is 5.63. The lowest BCUT2D eigenvalue weighted by molar-refractivity contribution is 0.0788. The topological polar surface area (TPSA) is 59.3 Å². The molecule has 5 rings (SSSR count). The highest BCUT2D eigenvalue weighted by atomic mass is 16.5. The average Bonchev–Trinajstić information content (AvgIpc) is 3.36. The Bertz CT molecular complexity index is 805. The molecule has 3 aliphatic rings. The monoisotopic (exact) mass is 368 g/mol. The summed E-state index contributed by atoms with van der Waals surface area (Å²) in [7, 11) is 0. The van der Waals surface area contributed by atoms with Gasteiger partial charge in [-0.05, 0) is 17.8 Å². The van der Waals surface area contributed by atoms with Crippen LogP contribution in [0.2, 0.25) is 0 Å². The first kappa shape index (κ1) is 17.1. The van der Waals surface area contributed by atoms with E-state index >= 15 is 0 Å². The van der Waals surface area contributed by atoms with E-state index in [1.807, 2.05) is 6.20 Å². The third-order valence-electron chi connectivity index (χ3n) is 6.27. The predicted molar refractivity (Wildman–Crippen MR) is 102 cm³/mol. The van der Waals surface area contributed by atoms with Crippen molar-refractivity contribution in [1.82, 2.24) is 24.6 Å². The van der Waals surface area contributed by atoms with E-state index in [1.54, 1.807) is 6.33 Å². The van der Waals surface area contributed by atoms with E-state index in [4.69, 9.17) is 4.74 Å². The molecule has 2 unspecified atom stereocenters. The van der Waals surface area contributed by atoms with Gasteiger partial charge < -0.3 is 9.64 Å². The van der Waals surface area contributed by atoms with Crippen molar-refractivity contribution in [3.8, 4) is 0 Å². The standard InChI is InChI=1S/C20H28N6O/c1-14(2)18-5-20(22-13-21-18)25-10-16-8-24(9-17(16)11-25)7-15-6-23-26-3-4-27-12-19(15)26/h5-6,13-14,16-17H,3-4,7-12H2,1-2H3. The molecule has 2 aromatic heterocycles. The first-order valence-electron chi connectivity index (χ1n) is 10.1. The second kappa shape index (κ2) is 6.87. The van der Waals surface area contributed by atoms with Crippen LogP contribution in [0.1, 0.15) is 36.7 Å². The number of ether oxygens (including phenoxy) is 1. The van der Waals surface area contributed by atoms with Crippen molar-refractivity contribution in [3.05, 3.63) is 35.5 Å². The van der Waals surface area contributed by atoms with Gasteiger partial charge in [-0.25, -0.2) is 9.97 Å². The Hall–Kier alpha value is -1.99. The lowest BCUT2D eigenvalue weighted by Gasteiger charge is -2.23. The van der Waals surface area contributed by atoms with Gasteiger partial charge in [0.2, 0.25) is 0 Å². The van der Waals surface area contributed by atoms with E-state index in [0.717, 1.165) is 69.2 Å². The molecule has 0 N–H and O–H groups in total. The van der Waals surface area contributed by atoms with Crippen LogP contribution >= 0.6 is 0 Å². The van der Waals surface area contributed by atoms with Crippen LogP contribution in [0, 0.1) is 11.8 Å². The van der Waals surface area contributed by atoms with Crippen LogP contribution in [-0.4, -0.2) is 57.4 Å². The number of hydrogen-bond acceptors (Lipinski definition) is 6. The quantitative estimate of drug-likeness (QED) is 0.821. The summed E-state index contributed by atoms with van der Waals surface area (Å²) >= 11 is 0. The molecule has 0 amide bonds. The summed E-state index contributed by atoms with van der Waals surface area (Å²) in [5, 5.41) is 4.53. The molecule has 27 heavy (non-hydrogen) atoms. The Morgan fingerprint density at radius 1 is 1.15 bits per heavy atom. The SMILES string of the molecule is CC(C)c1cc(N2CC3CN(Cc4cnn5c4COCC5)CC3C2)ncn1. The van der Waals surface area contributed by atoms with Crippen LogP contribution in [-0.2, 0) is 24.4 Å². The van der Waals surface area contributed by atoms with E-state index in [-0.39, 0.29) is 0 Å². The number of nitrogens with zero attached hydrogens (tertiary/aromatic N) is 6. The van der Waals surface area contributed by atoms with E-state index in [9.17, 15) is 0 Å². The molecule has 0 aliphatic carbocycles. The van der Waals surface area contributed by atoms with Crippen molar-refractivity contribution in [1.29, 1.82) is 0 Å². The highest BCUT2D eigenvalue weighted by Gasteiger charge is 2.40. The minimum absolute atomic E-state index is 0.440. The van der Waals surface area contributed by atoms with Crippen molar-refractivity contribution < 1.29 is 4.74 Å². The van der Waals surface area contributed by atoms with Gasteiger partial charge in [-0.1, -0.05) is 13.8 Å². The van der Waals surface area contributed by atoms with Gasteiger partial charge >= 0.3 is 0 Å². The van der Waals surface area contributed by atoms with Crippen LogP contribution in [0.4, 0.5) is 5.82 Å². The molecular formula is C20H28N6O. The highest BCUT2D eigenvalue weighted by Crippen LogP contribution is 2.34. The minimum Gasteiger partial charge on any atom is -0.373 e. The van der Waals surface area contributed by atoms with Gasteiger partial charge in [-0.2, -0.15) is 5.10 Å². The third kappa shape index (κ3) is 3.23. The van der Waals surface area contributed by atoms with E-state index in [0.29, 0.717) is 12.5 Å². The minimum atomic E-state index is 0.440. The Labute approximate surface area is 160 Å². The van der Waals surface area contributed by atoms with Crippen molar-refractivity contribution in [2.24, 2.45) is 11.8 Å². The van der Waals surface area contributed by atoms with Gasteiger partial charge in [0.25, 0.3) is 0 Å². The number of rotatable bonds is 4. The molecule has 5 heterocycles. The third-order valence-corrected chi connectivity index (χ3v) is 6.27. The zero-order valence-corrected chi connectivity index (χ0v) is 16.2. The van der Waals surface area contributed by atoms with Crippen LogP contribution in [0.25, 0.3) is 0 Å².